The summed E-state index contributed by atoms with van der Waals surface area (Å²) in [6.45, 7) is 2.20. The van der Waals surface area contributed by atoms with Gasteiger partial charge in [0.25, 0.3) is 0 Å². The van der Waals surface area contributed by atoms with Gasteiger partial charge in [-0.15, -0.1) is 0 Å². The molecule has 0 aliphatic heterocycles. The van der Waals surface area contributed by atoms with Crippen LogP contribution in [0.2, 0.25) is 0 Å². The molecule has 1 heteroatoms. The van der Waals surface area contributed by atoms with Gasteiger partial charge in [-0.3, -0.25) is 4.79 Å². The van der Waals surface area contributed by atoms with Crippen LogP contribution in [0.5, 0.6) is 0 Å². The number of hydrogen-bond donors (Lipinski definition) is 0. The molecule has 2 aromatic rings. The third-order valence-electron chi connectivity index (χ3n) is 4.23. The van der Waals surface area contributed by atoms with Crippen LogP contribution in [0.15, 0.2) is 48.5 Å². The molecule has 0 spiro atoms. The highest BCUT2D eigenvalue weighted by atomic mass is 16.1. The Morgan fingerprint density at radius 3 is 2.55 bits per heavy atom. The van der Waals surface area contributed by atoms with Gasteiger partial charge in [-0.1, -0.05) is 61.9 Å². The lowest BCUT2D eigenvalue weighted by molar-refractivity contribution is 0.0949. The Hall–Kier alpha value is -1.89. The molecular weight excluding hydrogens is 244 g/mol. The number of rotatable bonds is 5. The molecule has 102 valence electrons. The van der Waals surface area contributed by atoms with E-state index in [1.807, 2.05) is 24.3 Å². The summed E-state index contributed by atoms with van der Waals surface area (Å²) in [4.78, 5) is 12.5. The highest BCUT2D eigenvalue weighted by Crippen LogP contribution is 2.37. The third kappa shape index (κ3) is 2.40. The van der Waals surface area contributed by atoms with Gasteiger partial charge in [-0.05, 0) is 36.0 Å². The van der Waals surface area contributed by atoms with Crippen LogP contribution in [-0.4, -0.2) is 5.78 Å². The maximum atomic E-state index is 12.5. The van der Waals surface area contributed by atoms with Crippen molar-refractivity contribution < 1.29 is 4.79 Å². The topological polar surface area (TPSA) is 17.1 Å². The second-order valence-corrected chi connectivity index (χ2v) is 5.62. The van der Waals surface area contributed by atoms with Crippen molar-refractivity contribution in [2.24, 2.45) is 0 Å². The molecule has 1 nitrogen and oxygen atoms in total. The summed E-state index contributed by atoms with van der Waals surface area (Å²) in [6.07, 6.45) is 4.42. The first kappa shape index (κ1) is 13.1. The van der Waals surface area contributed by atoms with Crippen LogP contribution in [-0.2, 0) is 12.8 Å². The van der Waals surface area contributed by atoms with Gasteiger partial charge in [0.05, 0.1) is 5.92 Å². The standard InChI is InChI=1S/C19H20O/c1-2-3-6-14-9-11-15(12-10-14)19(20)18-13-16-7-4-5-8-17(16)18/h4-5,7-12,18H,2-3,6,13H2,1H3. The highest BCUT2D eigenvalue weighted by molar-refractivity contribution is 6.02. The van der Waals surface area contributed by atoms with E-state index >= 15 is 0 Å². The summed E-state index contributed by atoms with van der Waals surface area (Å²) in [6, 6.07) is 16.5. The predicted molar refractivity (Wildman–Crippen MR) is 82.3 cm³/mol. The molecule has 1 aliphatic rings. The number of fused-ring (bicyclic) bond motifs is 1. The molecule has 1 unspecified atom stereocenters. The van der Waals surface area contributed by atoms with Crippen molar-refractivity contribution in [3.05, 3.63) is 70.8 Å². The van der Waals surface area contributed by atoms with Gasteiger partial charge < -0.3 is 0 Å². The number of carbonyl (C=O) groups excluding carboxylic acids is 1. The lowest BCUT2D eigenvalue weighted by Gasteiger charge is -2.28. The first-order chi connectivity index (χ1) is 9.79. The highest BCUT2D eigenvalue weighted by Gasteiger charge is 2.31. The van der Waals surface area contributed by atoms with E-state index in [0.717, 1.165) is 18.4 Å². The molecule has 0 heterocycles. The molecule has 0 saturated carbocycles. The molecule has 0 bridgehead atoms. The number of benzene rings is 2. The van der Waals surface area contributed by atoms with Gasteiger partial charge in [0, 0.05) is 5.56 Å². The lowest BCUT2D eigenvalue weighted by Crippen LogP contribution is -2.25. The summed E-state index contributed by atoms with van der Waals surface area (Å²) < 4.78 is 0. The number of ketones is 1. The van der Waals surface area contributed by atoms with E-state index < -0.39 is 0 Å². The smallest absolute Gasteiger partial charge is 0.170 e. The quantitative estimate of drug-likeness (QED) is 0.724. The van der Waals surface area contributed by atoms with Gasteiger partial charge in [0.2, 0.25) is 0 Å². The largest absolute Gasteiger partial charge is 0.293 e. The Kier molecular flexibility index (Phi) is 3.68. The summed E-state index contributed by atoms with van der Waals surface area (Å²) in [5.41, 5.74) is 4.72. The van der Waals surface area contributed by atoms with Crippen LogP contribution in [0, 0.1) is 0 Å². The van der Waals surface area contributed by atoms with Crippen LogP contribution in [0.1, 0.15) is 52.7 Å². The Morgan fingerprint density at radius 2 is 1.85 bits per heavy atom. The van der Waals surface area contributed by atoms with Crippen molar-refractivity contribution in [1.29, 1.82) is 0 Å². The van der Waals surface area contributed by atoms with Crippen LogP contribution < -0.4 is 0 Å². The van der Waals surface area contributed by atoms with Crippen LogP contribution >= 0.6 is 0 Å². The van der Waals surface area contributed by atoms with Crippen LogP contribution in [0.4, 0.5) is 0 Å². The molecular formula is C19H20O. The van der Waals surface area contributed by atoms with Crippen molar-refractivity contribution in [2.45, 2.75) is 38.5 Å². The lowest BCUT2D eigenvalue weighted by atomic mass is 9.74. The average Bonchev–Trinajstić information content (AvgIpc) is 2.47. The molecule has 2 aromatic carbocycles. The summed E-state index contributed by atoms with van der Waals surface area (Å²) >= 11 is 0. The third-order valence-corrected chi connectivity index (χ3v) is 4.23. The van der Waals surface area contributed by atoms with E-state index in [9.17, 15) is 4.79 Å². The molecule has 20 heavy (non-hydrogen) atoms. The van der Waals surface area contributed by atoms with E-state index in [1.54, 1.807) is 0 Å². The zero-order valence-electron chi connectivity index (χ0n) is 11.9. The fourth-order valence-corrected chi connectivity index (χ4v) is 2.91. The first-order valence-corrected chi connectivity index (χ1v) is 7.50. The minimum atomic E-state index is 0.0766. The Morgan fingerprint density at radius 1 is 1.10 bits per heavy atom. The Labute approximate surface area is 120 Å². The number of Topliss-reactive ketones (excluding diaryl/α,β-unsaturated/α-hetero) is 1. The molecule has 0 amide bonds. The molecule has 0 saturated heterocycles. The maximum absolute atomic E-state index is 12.5. The fourth-order valence-electron chi connectivity index (χ4n) is 2.91. The van der Waals surface area contributed by atoms with E-state index in [4.69, 9.17) is 0 Å². The normalized spacial score (nSPS) is 16.4. The zero-order chi connectivity index (χ0) is 13.9. The maximum Gasteiger partial charge on any atom is 0.170 e. The first-order valence-electron chi connectivity index (χ1n) is 7.50. The number of hydrogen-bond acceptors (Lipinski definition) is 1. The van der Waals surface area contributed by atoms with Crippen molar-refractivity contribution >= 4 is 5.78 Å². The molecule has 0 N–H and O–H groups in total. The van der Waals surface area contributed by atoms with Gasteiger partial charge in [0.1, 0.15) is 0 Å². The minimum absolute atomic E-state index is 0.0766. The Balaban J connectivity index is 1.73. The molecule has 1 atom stereocenters. The van der Waals surface area contributed by atoms with Crippen LogP contribution in [0.3, 0.4) is 0 Å². The SMILES string of the molecule is CCCCc1ccc(C(=O)C2Cc3ccccc32)cc1. The van der Waals surface area contributed by atoms with Crippen molar-refractivity contribution in [3.63, 3.8) is 0 Å². The second kappa shape index (κ2) is 5.62. The van der Waals surface area contributed by atoms with Gasteiger partial charge >= 0.3 is 0 Å². The number of unbranched alkanes of at least 4 members (excludes halogenated alkanes) is 1. The Bertz CT molecular complexity index is 610. The van der Waals surface area contributed by atoms with Crippen molar-refractivity contribution in [1.82, 2.24) is 0 Å². The fraction of sp³-hybridized carbons (Fsp3) is 0.316. The van der Waals surface area contributed by atoms with E-state index in [-0.39, 0.29) is 11.7 Å². The molecule has 0 aromatic heterocycles. The van der Waals surface area contributed by atoms with E-state index in [0.29, 0.717) is 0 Å². The minimum Gasteiger partial charge on any atom is -0.293 e. The molecule has 1 aliphatic carbocycles. The average molecular weight is 264 g/mol. The number of carbonyl (C=O) groups is 1. The van der Waals surface area contributed by atoms with Gasteiger partial charge in [-0.2, -0.15) is 0 Å². The monoisotopic (exact) mass is 264 g/mol. The second-order valence-electron chi connectivity index (χ2n) is 5.62. The zero-order valence-corrected chi connectivity index (χ0v) is 11.9. The van der Waals surface area contributed by atoms with Crippen molar-refractivity contribution in [3.8, 4) is 0 Å². The van der Waals surface area contributed by atoms with Crippen LogP contribution in [0.25, 0.3) is 0 Å². The summed E-state index contributed by atoms with van der Waals surface area (Å²) in [5, 5.41) is 0. The molecule has 0 radical (unpaired) electrons. The van der Waals surface area contributed by atoms with Crippen molar-refractivity contribution in [2.75, 3.05) is 0 Å². The number of aryl methyl sites for hydroxylation is 1. The summed E-state index contributed by atoms with van der Waals surface area (Å²) in [7, 11) is 0. The van der Waals surface area contributed by atoms with E-state index in [2.05, 4.69) is 31.2 Å². The van der Waals surface area contributed by atoms with Gasteiger partial charge in [-0.25, -0.2) is 0 Å². The predicted octanol–water partition coefficient (Wildman–Crippen LogP) is 4.55. The molecule has 0 fully saturated rings. The molecule has 3 rings (SSSR count). The summed E-state index contributed by atoms with van der Waals surface area (Å²) in [5.74, 6) is 0.346. The van der Waals surface area contributed by atoms with E-state index in [1.165, 1.54) is 29.5 Å². The van der Waals surface area contributed by atoms with Gasteiger partial charge in [0.15, 0.2) is 5.78 Å².